The minimum absolute atomic E-state index is 0.668. The second-order valence-electron chi connectivity index (χ2n) is 15.0. The lowest BCUT2D eigenvalue weighted by atomic mass is 9.89. The third-order valence-electron chi connectivity index (χ3n) is 11.2. The van der Waals surface area contributed by atoms with Crippen molar-refractivity contribution in [2.24, 2.45) is 0 Å². The lowest BCUT2D eigenvalue weighted by Gasteiger charge is -2.33. The van der Waals surface area contributed by atoms with Crippen LogP contribution in [-0.4, -0.2) is 79.7 Å². The Bertz CT molecular complexity index is 3000. The lowest BCUT2D eigenvalue weighted by molar-refractivity contribution is 1.09. The maximum Gasteiger partial charge on any atom is 0.115 e. The van der Waals surface area contributed by atoms with Gasteiger partial charge in [-0.15, -0.1) is 0 Å². The average Bonchev–Trinajstić information content (AvgIpc) is 3.42. The summed E-state index contributed by atoms with van der Waals surface area (Å²) >= 11 is 0. The zero-order chi connectivity index (χ0) is 45.2. The average molecular weight is 887 g/mol. The molecule has 0 unspecified atom stereocenters. The van der Waals surface area contributed by atoms with Gasteiger partial charge < -0.3 is 19.6 Å². The number of rotatable bonds is 12. The molecule has 4 aromatic carbocycles. The number of aromatic nitrogens is 16. The van der Waals surface area contributed by atoms with Crippen LogP contribution in [0.1, 0.15) is 0 Å². The first kappa shape index (κ1) is 39.4. The standard InChI is InChI=1S/C48H30N20/c1-2-40-44(66(33-11-53-25-54-12-33)34-13-55-26-56-14-34)6-46(68(37-19-61-29-62-20-37)38-21-63-30-64-22-38)42-4-3-41-45(67(35-15-57-27-58-16-35)36-17-59-28-60-18-36)5-43(39(1)47(41)48(40)42)65(31-7-49-23-50-8-31)32-9-51-24-52-10-32/h1-30H. The SMILES string of the molecule is c1ncc(N(c2cncnc2)c2cc(N(c3cncnc3)c3cncnc3)c3ccc4c(N(c5cncnc5)c5cncnc5)cc(N(c5cncnc5)c5cncnc5)c5ccc2c3c54)cn1. The van der Waals surface area contributed by atoms with Crippen molar-refractivity contribution in [2.75, 3.05) is 19.6 Å². The molecule has 0 aliphatic rings. The summed E-state index contributed by atoms with van der Waals surface area (Å²) < 4.78 is 0. The Hall–Kier alpha value is -10.2. The molecule has 0 saturated heterocycles. The van der Waals surface area contributed by atoms with Gasteiger partial charge in [0, 0.05) is 32.3 Å². The van der Waals surface area contributed by atoms with Gasteiger partial charge in [0.15, 0.2) is 0 Å². The fourth-order valence-electron chi connectivity index (χ4n) is 8.62. The highest BCUT2D eigenvalue weighted by Crippen LogP contribution is 2.54. The summed E-state index contributed by atoms with van der Waals surface area (Å²) in [6.07, 6.45) is 40.1. The molecule has 322 valence electrons. The van der Waals surface area contributed by atoms with E-state index in [9.17, 15) is 0 Å². The van der Waals surface area contributed by atoms with E-state index < -0.39 is 0 Å². The minimum atomic E-state index is 0.668. The highest BCUT2D eigenvalue weighted by Gasteiger charge is 2.30. The number of anilines is 12. The molecular weight excluding hydrogens is 857 g/mol. The predicted octanol–water partition coefficient (Wildman–Crippen LogP) is 8.78. The minimum Gasteiger partial charge on any atom is -0.304 e. The molecule has 12 aromatic rings. The predicted molar refractivity (Wildman–Crippen MR) is 254 cm³/mol. The van der Waals surface area contributed by atoms with Gasteiger partial charge >= 0.3 is 0 Å². The molecule has 0 aliphatic heterocycles. The van der Waals surface area contributed by atoms with Crippen LogP contribution in [0.2, 0.25) is 0 Å². The van der Waals surface area contributed by atoms with Crippen molar-refractivity contribution in [3.05, 3.63) is 186 Å². The Balaban J connectivity index is 1.28. The molecule has 0 bridgehead atoms. The maximum absolute atomic E-state index is 4.46. The van der Waals surface area contributed by atoms with Crippen molar-refractivity contribution < 1.29 is 0 Å². The first-order chi connectivity index (χ1) is 33.8. The van der Waals surface area contributed by atoms with E-state index in [-0.39, 0.29) is 0 Å². The van der Waals surface area contributed by atoms with E-state index in [4.69, 9.17) is 0 Å². The Morgan fingerprint density at radius 2 is 0.353 bits per heavy atom. The monoisotopic (exact) mass is 886 g/mol. The number of nitrogens with zero attached hydrogens (tertiary/aromatic N) is 20. The molecule has 8 heterocycles. The van der Waals surface area contributed by atoms with Crippen molar-refractivity contribution in [2.45, 2.75) is 0 Å². The van der Waals surface area contributed by atoms with E-state index in [2.05, 4.69) is 116 Å². The van der Waals surface area contributed by atoms with E-state index >= 15 is 0 Å². The van der Waals surface area contributed by atoms with Crippen LogP contribution in [0.15, 0.2) is 186 Å². The normalized spacial score (nSPS) is 11.2. The largest absolute Gasteiger partial charge is 0.304 e. The van der Waals surface area contributed by atoms with Crippen molar-refractivity contribution in [3.8, 4) is 0 Å². The zero-order valence-corrected chi connectivity index (χ0v) is 35.3. The summed E-state index contributed by atoms with van der Waals surface area (Å²) in [5.41, 5.74) is 8.37. The molecule has 0 amide bonds. The molecule has 12 rings (SSSR count). The lowest BCUT2D eigenvalue weighted by Crippen LogP contribution is -2.17. The van der Waals surface area contributed by atoms with Gasteiger partial charge in [-0.2, -0.15) is 0 Å². The topological polar surface area (TPSA) is 219 Å². The molecule has 20 heteroatoms. The van der Waals surface area contributed by atoms with Gasteiger partial charge in [-0.05, 0) is 12.1 Å². The molecule has 0 spiro atoms. The van der Waals surface area contributed by atoms with Crippen LogP contribution in [0, 0.1) is 0 Å². The molecule has 68 heavy (non-hydrogen) atoms. The van der Waals surface area contributed by atoms with E-state index in [0.717, 1.165) is 55.1 Å². The molecular formula is C48H30N20. The first-order valence-electron chi connectivity index (χ1n) is 20.8. The summed E-state index contributed by atoms with van der Waals surface area (Å²) in [6, 6.07) is 12.8. The van der Waals surface area contributed by atoms with Crippen molar-refractivity contribution >= 4 is 101 Å². The summed E-state index contributed by atoms with van der Waals surface area (Å²) in [5, 5.41) is 5.30. The Labute approximate surface area is 384 Å². The number of benzene rings is 4. The van der Waals surface area contributed by atoms with Gasteiger partial charge in [0.1, 0.15) is 50.6 Å². The molecule has 0 fully saturated rings. The number of hydrogen-bond donors (Lipinski definition) is 0. The smallest absolute Gasteiger partial charge is 0.115 e. The second kappa shape index (κ2) is 17.0. The highest BCUT2D eigenvalue weighted by atomic mass is 15.2. The molecule has 20 nitrogen and oxygen atoms in total. The third kappa shape index (κ3) is 6.89. The molecule has 0 radical (unpaired) electrons. The fraction of sp³-hybridized carbons (Fsp3) is 0. The van der Waals surface area contributed by atoms with Gasteiger partial charge in [-0.25, -0.2) is 79.7 Å². The van der Waals surface area contributed by atoms with Gasteiger partial charge in [0.05, 0.1) is 167 Å². The molecule has 0 N–H and O–H groups in total. The van der Waals surface area contributed by atoms with Crippen molar-refractivity contribution in [3.63, 3.8) is 0 Å². The van der Waals surface area contributed by atoms with Crippen LogP contribution < -0.4 is 19.6 Å². The first-order valence-corrected chi connectivity index (χ1v) is 20.8. The van der Waals surface area contributed by atoms with Crippen LogP contribution in [0.4, 0.5) is 68.2 Å². The van der Waals surface area contributed by atoms with Crippen molar-refractivity contribution in [1.82, 2.24) is 79.7 Å². The van der Waals surface area contributed by atoms with Crippen molar-refractivity contribution in [1.29, 1.82) is 0 Å². The van der Waals surface area contributed by atoms with E-state index in [1.807, 2.05) is 19.6 Å². The summed E-state index contributed by atoms with van der Waals surface area (Å²) in [4.78, 5) is 79.5. The quantitative estimate of drug-likeness (QED) is 0.105. The summed E-state index contributed by atoms with van der Waals surface area (Å²) in [7, 11) is 0. The molecule has 0 saturated carbocycles. The zero-order valence-electron chi connectivity index (χ0n) is 35.3. The van der Waals surface area contributed by atoms with Gasteiger partial charge in [-0.1, -0.05) is 24.3 Å². The van der Waals surface area contributed by atoms with Crippen LogP contribution in [0.25, 0.3) is 32.3 Å². The Kier molecular flexibility index (Phi) is 9.86. The summed E-state index contributed by atoms with van der Waals surface area (Å²) in [5.74, 6) is 0. The second-order valence-corrected chi connectivity index (χ2v) is 15.0. The Morgan fingerprint density at radius 1 is 0.206 bits per heavy atom. The van der Waals surface area contributed by atoms with E-state index in [1.165, 1.54) is 50.6 Å². The third-order valence-corrected chi connectivity index (χ3v) is 11.2. The summed E-state index contributed by atoms with van der Waals surface area (Å²) in [6.45, 7) is 0. The number of hydrogen-bond acceptors (Lipinski definition) is 20. The van der Waals surface area contributed by atoms with Crippen LogP contribution in [-0.2, 0) is 0 Å². The fourth-order valence-corrected chi connectivity index (χ4v) is 8.62. The highest BCUT2D eigenvalue weighted by molar-refractivity contribution is 6.33. The molecule has 0 aliphatic carbocycles. The van der Waals surface area contributed by atoms with Crippen LogP contribution >= 0.6 is 0 Å². The van der Waals surface area contributed by atoms with E-state index in [1.54, 1.807) is 99.1 Å². The van der Waals surface area contributed by atoms with E-state index in [0.29, 0.717) is 45.5 Å². The van der Waals surface area contributed by atoms with Gasteiger partial charge in [0.2, 0.25) is 0 Å². The van der Waals surface area contributed by atoms with Gasteiger partial charge in [0.25, 0.3) is 0 Å². The Morgan fingerprint density at radius 3 is 0.500 bits per heavy atom. The van der Waals surface area contributed by atoms with Gasteiger partial charge in [-0.3, -0.25) is 0 Å². The van der Waals surface area contributed by atoms with Crippen LogP contribution in [0.5, 0.6) is 0 Å². The molecule has 8 aromatic heterocycles. The van der Waals surface area contributed by atoms with Crippen LogP contribution in [0.3, 0.4) is 0 Å². The molecule has 0 atom stereocenters. The maximum atomic E-state index is 4.46.